The van der Waals surface area contributed by atoms with Gasteiger partial charge in [0.2, 0.25) is 5.95 Å². The van der Waals surface area contributed by atoms with E-state index < -0.39 is 0 Å². The molecule has 0 aromatic carbocycles. The second-order valence-electron chi connectivity index (χ2n) is 3.47. The fourth-order valence-electron chi connectivity index (χ4n) is 1.26. The molecule has 0 aliphatic carbocycles. The Kier molecular flexibility index (Phi) is 4.80. The van der Waals surface area contributed by atoms with Crippen LogP contribution in [0.1, 0.15) is 26.7 Å². The molecule has 0 saturated heterocycles. The van der Waals surface area contributed by atoms with Gasteiger partial charge in [0.15, 0.2) is 0 Å². The molecule has 1 N–H and O–H groups in total. The molecule has 0 fully saturated rings. The van der Waals surface area contributed by atoms with Crippen molar-refractivity contribution in [2.45, 2.75) is 32.2 Å². The molecule has 0 radical (unpaired) electrons. The summed E-state index contributed by atoms with van der Waals surface area (Å²) in [4.78, 5) is 8.36. The van der Waals surface area contributed by atoms with Crippen molar-refractivity contribution in [3.8, 4) is 0 Å². The number of hydrogen-bond donors (Lipinski definition) is 1. The summed E-state index contributed by atoms with van der Waals surface area (Å²) < 4.78 is 0.873. The molecule has 0 aliphatic heterocycles. The summed E-state index contributed by atoms with van der Waals surface area (Å²) in [5.74, 6) is 1.18. The third kappa shape index (κ3) is 3.31. The highest BCUT2D eigenvalue weighted by molar-refractivity contribution is 9.10. The average Bonchev–Trinajstić information content (AvgIpc) is 2.29. The maximum Gasteiger partial charge on any atom is 0.223 e. The van der Waals surface area contributed by atoms with Gasteiger partial charge in [-0.25, -0.2) is 9.97 Å². The summed E-state index contributed by atoms with van der Waals surface area (Å²) in [6, 6.07) is 0. The number of halogens is 2. The number of hydrogen-bond acceptors (Lipinski definition) is 3. The molecule has 0 aliphatic rings. The van der Waals surface area contributed by atoms with Crippen molar-refractivity contribution in [2.24, 2.45) is 0 Å². The Balaban J connectivity index is 2.78. The van der Waals surface area contributed by atoms with Crippen LogP contribution in [0.4, 0.5) is 5.95 Å². The SMILES string of the molecule is CCC(CC)(CCl)Nc1ncc(Br)cn1. The molecule has 0 spiro atoms. The lowest BCUT2D eigenvalue weighted by atomic mass is 9.95. The molecule has 1 aromatic rings. The fraction of sp³-hybridized carbons (Fsp3) is 0.600. The summed E-state index contributed by atoms with van der Waals surface area (Å²) in [6.07, 6.45) is 5.35. The standard InChI is InChI=1S/C10H15BrClN3/c1-3-10(4-2,7-12)15-9-13-5-8(11)6-14-9/h5-6H,3-4,7H2,1-2H3,(H,13,14,15). The van der Waals surface area contributed by atoms with Gasteiger partial charge in [0.05, 0.1) is 10.0 Å². The van der Waals surface area contributed by atoms with E-state index in [2.05, 4.69) is 45.1 Å². The number of alkyl halides is 1. The van der Waals surface area contributed by atoms with Crippen molar-refractivity contribution in [3.05, 3.63) is 16.9 Å². The summed E-state index contributed by atoms with van der Waals surface area (Å²) in [5.41, 5.74) is -0.102. The lowest BCUT2D eigenvalue weighted by Crippen LogP contribution is -2.39. The Hall–Kier alpha value is -0.350. The maximum atomic E-state index is 5.98. The highest BCUT2D eigenvalue weighted by atomic mass is 79.9. The van der Waals surface area contributed by atoms with E-state index >= 15 is 0 Å². The van der Waals surface area contributed by atoms with Crippen LogP contribution in [0.5, 0.6) is 0 Å². The lowest BCUT2D eigenvalue weighted by Gasteiger charge is -2.30. The van der Waals surface area contributed by atoms with E-state index in [1.54, 1.807) is 12.4 Å². The number of anilines is 1. The van der Waals surface area contributed by atoms with E-state index in [9.17, 15) is 0 Å². The van der Waals surface area contributed by atoms with Gasteiger partial charge in [-0.15, -0.1) is 11.6 Å². The Morgan fingerprint density at radius 2 is 1.87 bits per heavy atom. The van der Waals surface area contributed by atoms with E-state index in [0.29, 0.717) is 11.8 Å². The Labute approximate surface area is 104 Å². The molecule has 3 nitrogen and oxygen atoms in total. The number of nitrogens with zero attached hydrogens (tertiary/aromatic N) is 2. The van der Waals surface area contributed by atoms with Crippen molar-refractivity contribution < 1.29 is 0 Å². The molecule has 0 unspecified atom stereocenters. The molecule has 0 atom stereocenters. The summed E-state index contributed by atoms with van der Waals surface area (Å²) in [5, 5.41) is 3.29. The number of aromatic nitrogens is 2. The highest BCUT2D eigenvalue weighted by Crippen LogP contribution is 2.21. The Morgan fingerprint density at radius 3 is 2.27 bits per heavy atom. The molecule has 0 amide bonds. The summed E-state index contributed by atoms with van der Waals surface area (Å²) >= 11 is 9.28. The van der Waals surface area contributed by atoms with Crippen LogP contribution >= 0.6 is 27.5 Å². The van der Waals surface area contributed by atoms with Crippen LogP contribution in [0.25, 0.3) is 0 Å². The van der Waals surface area contributed by atoms with E-state index in [4.69, 9.17) is 11.6 Å². The van der Waals surface area contributed by atoms with Crippen molar-refractivity contribution in [1.29, 1.82) is 0 Å². The second-order valence-corrected chi connectivity index (χ2v) is 4.65. The van der Waals surface area contributed by atoms with Crippen LogP contribution < -0.4 is 5.32 Å². The first-order valence-electron chi connectivity index (χ1n) is 4.97. The van der Waals surface area contributed by atoms with Gasteiger partial charge in [0.1, 0.15) is 0 Å². The van der Waals surface area contributed by atoms with Crippen LogP contribution in [0.2, 0.25) is 0 Å². The number of nitrogens with one attached hydrogen (secondary N) is 1. The van der Waals surface area contributed by atoms with Gasteiger partial charge in [-0.2, -0.15) is 0 Å². The zero-order valence-corrected chi connectivity index (χ0v) is 11.3. The molecule has 1 heterocycles. The summed E-state index contributed by atoms with van der Waals surface area (Å²) in [6.45, 7) is 4.22. The predicted octanol–water partition coefficient (Wildman–Crippen LogP) is 3.45. The highest BCUT2D eigenvalue weighted by Gasteiger charge is 2.25. The normalized spacial score (nSPS) is 11.5. The minimum absolute atomic E-state index is 0.102. The molecule has 0 saturated carbocycles. The third-order valence-electron chi connectivity index (χ3n) is 2.61. The molecule has 1 rings (SSSR count). The van der Waals surface area contributed by atoms with Gasteiger partial charge < -0.3 is 5.32 Å². The second kappa shape index (κ2) is 5.66. The van der Waals surface area contributed by atoms with E-state index in [-0.39, 0.29) is 5.54 Å². The van der Waals surface area contributed by atoms with Crippen LogP contribution in [0, 0.1) is 0 Å². The molecule has 84 valence electrons. The van der Waals surface area contributed by atoms with E-state index in [0.717, 1.165) is 17.3 Å². The zero-order valence-electron chi connectivity index (χ0n) is 8.93. The first-order chi connectivity index (χ1) is 7.15. The largest absolute Gasteiger partial charge is 0.348 e. The van der Waals surface area contributed by atoms with Crippen LogP contribution in [-0.4, -0.2) is 21.4 Å². The first kappa shape index (κ1) is 12.7. The van der Waals surface area contributed by atoms with Crippen molar-refractivity contribution in [3.63, 3.8) is 0 Å². The Bertz CT molecular complexity index is 290. The molecule has 1 aromatic heterocycles. The molecule has 5 heteroatoms. The minimum Gasteiger partial charge on any atom is -0.348 e. The molecule has 0 bridgehead atoms. The van der Waals surface area contributed by atoms with Crippen molar-refractivity contribution >= 4 is 33.5 Å². The van der Waals surface area contributed by atoms with E-state index in [1.165, 1.54) is 0 Å². The quantitative estimate of drug-likeness (QED) is 0.845. The van der Waals surface area contributed by atoms with Crippen molar-refractivity contribution in [1.82, 2.24) is 9.97 Å². The van der Waals surface area contributed by atoms with Crippen LogP contribution in [0.3, 0.4) is 0 Å². The summed E-state index contributed by atoms with van der Waals surface area (Å²) in [7, 11) is 0. The van der Waals surface area contributed by atoms with Crippen LogP contribution in [0.15, 0.2) is 16.9 Å². The topological polar surface area (TPSA) is 37.8 Å². The van der Waals surface area contributed by atoms with Crippen molar-refractivity contribution in [2.75, 3.05) is 11.2 Å². The van der Waals surface area contributed by atoms with Gasteiger partial charge in [-0.05, 0) is 28.8 Å². The van der Waals surface area contributed by atoms with Gasteiger partial charge >= 0.3 is 0 Å². The Morgan fingerprint density at radius 1 is 1.33 bits per heavy atom. The van der Waals surface area contributed by atoms with Gasteiger partial charge in [0.25, 0.3) is 0 Å². The van der Waals surface area contributed by atoms with Gasteiger partial charge in [0, 0.05) is 18.3 Å². The lowest BCUT2D eigenvalue weighted by molar-refractivity contribution is 0.480. The maximum absolute atomic E-state index is 5.98. The number of rotatable bonds is 5. The van der Waals surface area contributed by atoms with Gasteiger partial charge in [-0.3, -0.25) is 0 Å². The smallest absolute Gasteiger partial charge is 0.223 e. The average molecular weight is 293 g/mol. The fourth-order valence-corrected chi connectivity index (χ4v) is 1.91. The zero-order chi connectivity index (χ0) is 11.3. The molecular formula is C10H15BrClN3. The molecule has 15 heavy (non-hydrogen) atoms. The monoisotopic (exact) mass is 291 g/mol. The predicted molar refractivity (Wildman–Crippen MR) is 67.4 cm³/mol. The van der Waals surface area contributed by atoms with Gasteiger partial charge in [-0.1, -0.05) is 13.8 Å². The third-order valence-corrected chi connectivity index (χ3v) is 3.53. The minimum atomic E-state index is -0.102. The van der Waals surface area contributed by atoms with E-state index in [1.807, 2.05) is 0 Å². The molecular weight excluding hydrogens is 277 g/mol. The first-order valence-corrected chi connectivity index (χ1v) is 6.30. The van der Waals surface area contributed by atoms with Crippen LogP contribution in [-0.2, 0) is 0 Å².